The average molecular weight is 360 g/mol. The molecule has 0 radical (unpaired) electrons. The molecular formula is C19H34ClNO3. The zero-order chi connectivity index (χ0) is 17.0. The molecule has 5 heteroatoms. The van der Waals surface area contributed by atoms with Crippen molar-refractivity contribution in [2.45, 2.75) is 63.8 Å². The van der Waals surface area contributed by atoms with E-state index in [4.69, 9.17) is 15.6 Å². The van der Waals surface area contributed by atoms with Crippen molar-refractivity contribution in [3.8, 4) is 5.75 Å². The van der Waals surface area contributed by atoms with Gasteiger partial charge in [-0.1, -0.05) is 44.7 Å². The Labute approximate surface area is 152 Å². The lowest BCUT2D eigenvalue weighted by Gasteiger charge is -2.26. The van der Waals surface area contributed by atoms with Gasteiger partial charge in [0, 0.05) is 12.1 Å². The van der Waals surface area contributed by atoms with Crippen LogP contribution in [0.4, 0.5) is 0 Å². The first-order valence-corrected chi connectivity index (χ1v) is 8.86. The quantitative estimate of drug-likeness (QED) is 0.471. The average Bonchev–Trinajstić information content (AvgIpc) is 2.57. The van der Waals surface area contributed by atoms with E-state index in [0.717, 1.165) is 25.2 Å². The highest BCUT2D eigenvalue weighted by Crippen LogP contribution is 2.18. The molecule has 1 rings (SSSR count). The standard InChI is InChI=1S/C19H33NO3.ClH/c1-2-3-4-5-6-15-23-18-9-7-17(8-10-18)11-12-19(20,16-22)13-14-21;/h7-10,21-22H,2-6,11-16,20H2,1H3;1H/t19-;/m0./s1. The lowest BCUT2D eigenvalue weighted by molar-refractivity contribution is 0.149. The first kappa shape index (κ1) is 23.2. The molecule has 0 heterocycles. The van der Waals surface area contributed by atoms with E-state index in [1.54, 1.807) is 0 Å². The van der Waals surface area contributed by atoms with Crippen LogP contribution >= 0.6 is 12.4 Å². The molecule has 0 fully saturated rings. The number of aliphatic hydroxyl groups excluding tert-OH is 2. The second kappa shape index (κ2) is 13.5. The van der Waals surface area contributed by atoms with E-state index >= 15 is 0 Å². The van der Waals surface area contributed by atoms with Gasteiger partial charge in [0.1, 0.15) is 5.75 Å². The van der Waals surface area contributed by atoms with E-state index in [1.165, 1.54) is 31.2 Å². The Morgan fingerprint density at radius 3 is 2.25 bits per heavy atom. The molecule has 4 N–H and O–H groups in total. The number of halogens is 1. The maximum absolute atomic E-state index is 9.36. The predicted molar refractivity (Wildman–Crippen MR) is 102 cm³/mol. The molecule has 4 nitrogen and oxygen atoms in total. The normalized spacial score (nSPS) is 13.2. The zero-order valence-electron chi connectivity index (χ0n) is 14.9. The van der Waals surface area contributed by atoms with E-state index in [1.807, 2.05) is 24.3 Å². The van der Waals surface area contributed by atoms with Crippen molar-refractivity contribution in [1.82, 2.24) is 0 Å². The molecule has 0 aliphatic carbocycles. The number of unbranched alkanes of at least 4 members (excludes halogenated alkanes) is 4. The third kappa shape index (κ3) is 9.48. The van der Waals surface area contributed by atoms with Gasteiger partial charge in [0.2, 0.25) is 0 Å². The Balaban J connectivity index is 0.00000529. The second-order valence-corrected chi connectivity index (χ2v) is 6.40. The molecule has 0 bridgehead atoms. The van der Waals surface area contributed by atoms with Crippen molar-refractivity contribution >= 4 is 12.4 Å². The highest BCUT2D eigenvalue weighted by molar-refractivity contribution is 5.85. The van der Waals surface area contributed by atoms with Gasteiger partial charge in [-0.2, -0.15) is 0 Å². The van der Waals surface area contributed by atoms with Crippen LogP contribution in [0.25, 0.3) is 0 Å². The monoisotopic (exact) mass is 359 g/mol. The summed E-state index contributed by atoms with van der Waals surface area (Å²) in [5.41, 5.74) is 6.54. The molecule has 0 amide bonds. The SMILES string of the molecule is CCCCCCCOc1ccc(CC[C@@](N)(CO)CCO)cc1.Cl. The van der Waals surface area contributed by atoms with Crippen molar-refractivity contribution in [2.24, 2.45) is 5.73 Å². The zero-order valence-corrected chi connectivity index (χ0v) is 15.7. The summed E-state index contributed by atoms with van der Waals surface area (Å²) in [4.78, 5) is 0. The van der Waals surface area contributed by atoms with Gasteiger partial charge < -0.3 is 20.7 Å². The molecule has 0 unspecified atom stereocenters. The maximum Gasteiger partial charge on any atom is 0.119 e. The third-order valence-corrected chi connectivity index (χ3v) is 4.28. The molecule has 0 saturated carbocycles. The van der Waals surface area contributed by atoms with E-state index in [2.05, 4.69) is 6.92 Å². The largest absolute Gasteiger partial charge is 0.494 e. The number of hydrogen-bond acceptors (Lipinski definition) is 4. The van der Waals surface area contributed by atoms with Gasteiger partial charge in [-0.3, -0.25) is 0 Å². The van der Waals surface area contributed by atoms with E-state index in [0.29, 0.717) is 12.8 Å². The first-order valence-electron chi connectivity index (χ1n) is 8.86. The fourth-order valence-electron chi connectivity index (χ4n) is 2.55. The van der Waals surface area contributed by atoms with Crippen LogP contribution in [0.5, 0.6) is 5.75 Å². The maximum atomic E-state index is 9.36. The van der Waals surface area contributed by atoms with Gasteiger partial charge >= 0.3 is 0 Å². The van der Waals surface area contributed by atoms with Crippen LogP contribution < -0.4 is 10.5 Å². The van der Waals surface area contributed by atoms with Crippen LogP contribution in [0.1, 0.15) is 57.4 Å². The Morgan fingerprint density at radius 2 is 1.67 bits per heavy atom. The summed E-state index contributed by atoms with van der Waals surface area (Å²) in [5, 5.41) is 18.4. The highest BCUT2D eigenvalue weighted by atomic mass is 35.5. The predicted octanol–water partition coefficient (Wildman–Crippen LogP) is 3.46. The van der Waals surface area contributed by atoms with E-state index in [-0.39, 0.29) is 25.6 Å². The summed E-state index contributed by atoms with van der Waals surface area (Å²) in [6.07, 6.45) is 8.06. The minimum atomic E-state index is -0.692. The summed E-state index contributed by atoms with van der Waals surface area (Å²) in [7, 11) is 0. The van der Waals surface area contributed by atoms with Gasteiger partial charge in [0.25, 0.3) is 0 Å². The van der Waals surface area contributed by atoms with Gasteiger partial charge in [0.15, 0.2) is 0 Å². The second-order valence-electron chi connectivity index (χ2n) is 6.40. The minimum absolute atomic E-state index is 0. The fraction of sp³-hybridized carbons (Fsp3) is 0.684. The Bertz CT molecular complexity index is 414. The topological polar surface area (TPSA) is 75.7 Å². The number of ether oxygens (including phenoxy) is 1. The molecule has 24 heavy (non-hydrogen) atoms. The highest BCUT2D eigenvalue weighted by Gasteiger charge is 2.22. The molecule has 0 spiro atoms. The molecule has 1 aromatic carbocycles. The summed E-state index contributed by atoms with van der Waals surface area (Å²) in [5.74, 6) is 0.903. The van der Waals surface area contributed by atoms with Gasteiger partial charge in [-0.05, 0) is 43.4 Å². The molecule has 1 aromatic rings. The van der Waals surface area contributed by atoms with Crippen LogP contribution in [0.15, 0.2) is 24.3 Å². The van der Waals surface area contributed by atoms with E-state index in [9.17, 15) is 5.11 Å². The number of aliphatic hydroxyl groups is 2. The minimum Gasteiger partial charge on any atom is -0.494 e. The van der Waals surface area contributed by atoms with Gasteiger partial charge in [-0.15, -0.1) is 12.4 Å². The van der Waals surface area contributed by atoms with Crippen LogP contribution in [0, 0.1) is 0 Å². The lowest BCUT2D eigenvalue weighted by Crippen LogP contribution is -2.44. The number of aryl methyl sites for hydroxylation is 1. The third-order valence-electron chi connectivity index (χ3n) is 4.28. The molecule has 0 saturated heterocycles. The number of hydrogen-bond donors (Lipinski definition) is 3. The Hall–Kier alpha value is -0.810. The van der Waals surface area contributed by atoms with Crippen LogP contribution in [0.3, 0.4) is 0 Å². The van der Waals surface area contributed by atoms with Gasteiger partial charge in [-0.25, -0.2) is 0 Å². The lowest BCUT2D eigenvalue weighted by atomic mass is 9.90. The van der Waals surface area contributed by atoms with Crippen LogP contribution in [0.2, 0.25) is 0 Å². The van der Waals surface area contributed by atoms with Crippen molar-refractivity contribution in [2.75, 3.05) is 19.8 Å². The van der Waals surface area contributed by atoms with Gasteiger partial charge in [0.05, 0.1) is 13.2 Å². The fourth-order valence-corrected chi connectivity index (χ4v) is 2.55. The van der Waals surface area contributed by atoms with E-state index < -0.39 is 5.54 Å². The number of nitrogens with two attached hydrogens (primary N) is 1. The van der Waals surface area contributed by atoms with Crippen LogP contribution in [-0.2, 0) is 6.42 Å². The number of benzene rings is 1. The molecular weight excluding hydrogens is 326 g/mol. The van der Waals surface area contributed by atoms with Crippen molar-refractivity contribution < 1.29 is 14.9 Å². The molecule has 0 aliphatic rings. The number of rotatable bonds is 13. The summed E-state index contributed by atoms with van der Waals surface area (Å²) >= 11 is 0. The Morgan fingerprint density at radius 1 is 1.00 bits per heavy atom. The molecule has 0 aliphatic heterocycles. The molecule has 0 aromatic heterocycles. The first-order chi connectivity index (χ1) is 11.1. The van der Waals surface area contributed by atoms with Crippen molar-refractivity contribution in [3.05, 3.63) is 29.8 Å². The van der Waals surface area contributed by atoms with Crippen molar-refractivity contribution in [3.63, 3.8) is 0 Å². The van der Waals surface area contributed by atoms with Crippen molar-refractivity contribution in [1.29, 1.82) is 0 Å². The summed E-state index contributed by atoms with van der Waals surface area (Å²) in [6.45, 7) is 2.89. The molecule has 1 atom stereocenters. The summed E-state index contributed by atoms with van der Waals surface area (Å²) in [6, 6.07) is 8.07. The summed E-state index contributed by atoms with van der Waals surface area (Å²) < 4.78 is 5.75. The van der Waals surface area contributed by atoms with Crippen LogP contribution in [-0.4, -0.2) is 35.6 Å². The smallest absolute Gasteiger partial charge is 0.119 e. The molecule has 140 valence electrons. The Kier molecular flexibility index (Phi) is 13.0.